The zero-order valence-electron chi connectivity index (χ0n) is 21.0. The van der Waals surface area contributed by atoms with Crippen LogP contribution in [0.3, 0.4) is 0 Å². The minimum absolute atomic E-state index is 0.250. The highest BCUT2D eigenvalue weighted by Crippen LogP contribution is 2.45. The predicted molar refractivity (Wildman–Crippen MR) is 140 cm³/mol. The fourth-order valence-electron chi connectivity index (χ4n) is 4.97. The molecule has 0 amide bonds. The first-order valence-electron chi connectivity index (χ1n) is 11.6. The second-order valence-corrected chi connectivity index (χ2v) is 17.5. The Hall–Kier alpha value is -1.92. The first-order chi connectivity index (χ1) is 14.9. The highest BCUT2D eigenvalue weighted by Gasteiger charge is 2.44. The summed E-state index contributed by atoms with van der Waals surface area (Å²) in [6.07, 6.45) is 0. The van der Waals surface area contributed by atoms with E-state index in [1.54, 1.807) is 12.1 Å². The van der Waals surface area contributed by atoms with E-state index in [1.807, 2.05) is 49.2 Å². The smallest absolute Gasteiger partial charge is 0.283 e. The molecule has 0 radical (unpaired) electrons. The van der Waals surface area contributed by atoms with Gasteiger partial charge >= 0.3 is 0 Å². The van der Waals surface area contributed by atoms with Gasteiger partial charge in [0.15, 0.2) is 0 Å². The Kier molecular flexibility index (Phi) is 8.88. The molecule has 0 saturated heterocycles. The van der Waals surface area contributed by atoms with Gasteiger partial charge in [-0.3, -0.25) is 0 Å². The minimum Gasteiger partial charge on any atom is -0.358 e. The van der Waals surface area contributed by atoms with Gasteiger partial charge in [0.1, 0.15) is 5.84 Å². The maximum atomic E-state index is 13.3. The normalized spacial score (nSPS) is 13.3. The van der Waals surface area contributed by atoms with E-state index in [9.17, 15) is 8.42 Å². The molecule has 0 atom stereocenters. The van der Waals surface area contributed by atoms with Crippen molar-refractivity contribution in [3.8, 4) is 0 Å². The van der Waals surface area contributed by atoms with Gasteiger partial charge in [0.05, 0.1) is 13.0 Å². The molecule has 4 nitrogen and oxygen atoms in total. The first-order valence-corrected chi connectivity index (χ1v) is 15.4. The lowest BCUT2D eigenvalue weighted by atomic mass is 10.2. The van der Waals surface area contributed by atoms with E-state index in [-0.39, 0.29) is 4.90 Å². The molecule has 32 heavy (non-hydrogen) atoms. The van der Waals surface area contributed by atoms with Crippen LogP contribution in [0.5, 0.6) is 0 Å². The number of sulfonamides is 1. The van der Waals surface area contributed by atoms with Gasteiger partial charge in [-0.05, 0) is 24.6 Å². The molecular formula is C26H40N2O2SSi. The molecule has 0 heterocycles. The molecule has 0 aliphatic carbocycles. The van der Waals surface area contributed by atoms with Crippen LogP contribution in [0.15, 0.2) is 63.9 Å². The molecule has 0 aromatic heterocycles. The third kappa shape index (κ3) is 6.10. The summed E-state index contributed by atoms with van der Waals surface area (Å²) < 4.78 is 31.1. The average molecular weight is 473 g/mol. The van der Waals surface area contributed by atoms with Gasteiger partial charge in [-0.15, -0.1) is 4.40 Å². The first kappa shape index (κ1) is 26.3. The molecule has 0 saturated carbocycles. The van der Waals surface area contributed by atoms with Gasteiger partial charge in [-0.25, -0.2) is 0 Å². The summed E-state index contributed by atoms with van der Waals surface area (Å²) in [5.74, 6) is 0.678. The molecule has 0 unspecified atom stereocenters. The third-order valence-corrected chi connectivity index (χ3v) is 15.6. The predicted octanol–water partition coefficient (Wildman–Crippen LogP) is 6.89. The summed E-state index contributed by atoms with van der Waals surface area (Å²) >= 11 is 0. The lowest BCUT2D eigenvalue weighted by molar-refractivity contribution is 0.495. The van der Waals surface area contributed by atoms with Crippen LogP contribution < -0.4 is 0 Å². The molecule has 0 N–H and O–H groups in total. The van der Waals surface area contributed by atoms with E-state index in [1.165, 1.54) is 0 Å². The van der Waals surface area contributed by atoms with Crippen LogP contribution >= 0.6 is 0 Å². The van der Waals surface area contributed by atoms with E-state index >= 15 is 0 Å². The van der Waals surface area contributed by atoms with Crippen LogP contribution in [0.2, 0.25) is 22.7 Å². The Morgan fingerprint density at radius 1 is 0.875 bits per heavy atom. The second kappa shape index (κ2) is 10.8. The number of nitrogens with zero attached hydrogens (tertiary/aromatic N) is 2. The van der Waals surface area contributed by atoms with Crippen LogP contribution in [0, 0.1) is 6.92 Å². The number of rotatable bonds is 9. The van der Waals surface area contributed by atoms with Crippen molar-refractivity contribution >= 4 is 23.9 Å². The van der Waals surface area contributed by atoms with Crippen LogP contribution in [0.1, 0.15) is 52.7 Å². The number of amidine groups is 1. The lowest BCUT2D eigenvalue weighted by Crippen LogP contribution is -2.48. The molecule has 0 bridgehead atoms. The van der Waals surface area contributed by atoms with Crippen molar-refractivity contribution in [3.05, 3.63) is 65.7 Å². The van der Waals surface area contributed by atoms with Crippen molar-refractivity contribution in [3.63, 3.8) is 0 Å². The van der Waals surface area contributed by atoms with Crippen molar-refractivity contribution in [1.82, 2.24) is 4.90 Å². The van der Waals surface area contributed by atoms with Gasteiger partial charge in [0.25, 0.3) is 10.0 Å². The zero-order valence-corrected chi connectivity index (χ0v) is 22.8. The van der Waals surface area contributed by atoms with Crippen LogP contribution in [0.25, 0.3) is 0 Å². The molecule has 0 aliphatic rings. The van der Waals surface area contributed by atoms with E-state index in [0.717, 1.165) is 17.2 Å². The number of hydrogen-bond donors (Lipinski definition) is 0. The van der Waals surface area contributed by atoms with Gasteiger partial charge in [0, 0.05) is 19.6 Å². The van der Waals surface area contributed by atoms with Gasteiger partial charge in [0.2, 0.25) is 0 Å². The fourth-order valence-corrected chi connectivity index (χ4v) is 12.3. The van der Waals surface area contributed by atoms with Crippen molar-refractivity contribution < 1.29 is 8.42 Å². The summed E-state index contributed by atoms with van der Waals surface area (Å²) in [4.78, 5) is 2.29. The topological polar surface area (TPSA) is 49.7 Å². The Bertz CT molecular complexity index is 976. The Morgan fingerprint density at radius 3 is 1.84 bits per heavy atom. The van der Waals surface area contributed by atoms with Crippen LogP contribution in [-0.2, 0) is 16.6 Å². The SMILES string of the molecule is Cc1ccc(S(=O)(=O)/N=C(\C[Si](C(C)C)(C(C)C)C(C)C)N(C)Cc2ccccc2)cc1. The number of benzene rings is 2. The Balaban J connectivity index is 2.57. The summed E-state index contributed by atoms with van der Waals surface area (Å²) in [5.41, 5.74) is 3.71. The largest absolute Gasteiger partial charge is 0.358 e. The van der Waals surface area contributed by atoms with Crippen molar-refractivity contribution in [1.29, 1.82) is 0 Å². The summed E-state index contributed by atoms with van der Waals surface area (Å²) in [6, 6.07) is 17.9. The molecule has 0 fully saturated rings. The van der Waals surface area contributed by atoms with Crippen LogP contribution in [0.4, 0.5) is 0 Å². The molecular weight excluding hydrogens is 432 g/mol. The molecule has 2 rings (SSSR count). The summed E-state index contributed by atoms with van der Waals surface area (Å²) in [5, 5.41) is 0. The van der Waals surface area contributed by atoms with E-state index in [2.05, 4.69) is 58.1 Å². The van der Waals surface area contributed by atoms with E-state index in [4.69, 9.17) is 0 Å². The van der Waals surface area contributed by atoms with Crippen LogP contribution in [-0.4, -0.2) is 34.3 Å². The lowest BCUT2D eigenvalue weighted by Gasteiger charge is -2.44. The van der Waals surface area contributed by atoms with E-state index < -0.39 is 18.1 Å². The number of aryl methyl sites for hydroxylation is 1. The second-order valence-electron chi connectivity index (χ2n) is 9.89. The van der Waals surface area contributed by atoms with Gasteiger partial charge in [-0.1, -0.05) is 106 Å². The highest BCUT2D eigenvalue weighted by atomic mass is 32.2. The molecule has 176 valence electrons. The third-order valence-electron chi connectivity index (χ3n) is 6.94. The molecule has 0 aliphatic heterocycles. The zero-order chi connectivity index (χ0) is 24.1. The van der Waals surface area contributed by atoms with Gasteiger partial charge in [-0.2, -0.15) is 8.42 Å². The monoisotopic (exact) mass is 472 g/mol. The highest BCUT2D eigenvalue weighted by molar-refractivity contribution is 7.90. The minimum atomic E-state index is -3.79. The van der Waals surface area contributed by atoms with Gasteiger partial charge < -0.3 is 4.90 Å². The van der Waals surface area contributed by atoms with E-state index in [0.29, 0.717) is 29.0 Å². The quantitative estimate of drug-likeness (QED) is 0.227. The van der Waals surface area contributed by atoms with Crippen molar-refractivity contribution in [2.24, 2.45) is 4.40 Å². The summed E-state index contributed by atoms with van der Waals surface area (Å²) in [7, 11) is -3.74. The maximum Gasteiger partial charge on any atom is 0.283 e. The van der Waals surface area contributed by atoms with Crippen molar-refractivity contribution in [2.75, 3.05) is 7.05 Å². The molecule has 6 heteroatoms. The molecule has 2 aromatic carbocycles. The standard InChI is InChI=1S/C26H40N2O2SSi/c1-20(2)32(21(3)4,22(5)6)19-26(28(8)18-24-12-10-9-11-13-24)27-31(29,30)25-16-14-23(7)15-17-25/h9-17,20-22H,18-19H2,1-8H3/b27-26+. The maximum absolute atomic E-state index is 13.3. The number of hydrogen-bond acceptors (Lipinski definition) is 2. The fraction of sp³-hybridized carbons (Fsp3) is 0.500. The summed E-state index contributed by atoms with van der Waals surface area (Å²) in [6.45, 7) is 16.4. The molecule has 0 spiro atoms. The Labute approximate surface area is 196 Å². The Morgan fingerprint density at radius 2 is 1.38 bits per heavy atom. The average Bonchev–Trinajstić information content (AvgIpc) is 2.71. The molecule has 2 aromatic rings. The van der Waals surface area contributed by atoms with Crippen molar-refractivity contribution in [2.45, 2.75) is 82.6 Å².